The van der Waals surface area contributed by atoms with Crippen LogP contribution in [0.5, 0.6) is 11.5 Å². The number of amides is 2. The zero-order valence-electron chi connectivity index (χ0n) is 16.9. The van der Waals surface area contributed by atoms with Gasteiger partial charge in [0.1, 0.15) is 13.2 Å². The third-order valence-electron chi connectivity index (χ3n) is 7.22. The molecule has 0 spiro atoms. The minimum atomic E-state index is -0.278. The van der Waals surface area contributed by atoms with Gasteiger partial charge >= 0.3 is 0 Å². The van der Waals surface area contributed by atoms with Crippen molar-refractivity contribution in [2.75, 3.05) is 24.7 Å². The highest BCUT2D eigenvalue weighted by molar-refractivity contribution is 6.00. The number of hydrogen-bond donors (Lipinski definition) is 1. The molecule has 0 unspecified atom stereocenters. The van der Waals surface area contributed by atoms with E-state index in [-0.39, 0.29) is 30.2 Å². The normalized spacial score (nSPS) is 31.3. The van der Waals surface area contributed by atoms with E-state index >= 15 is 0 Å². The van der Waals surface area contributed by atoms with Gasteiger partial charge in [-0.15, -0.1) is 0 Å². The van der Waals surface area contributed by atoms with E-state index in [2.05, 4.69) is 5.32 Å². The SMILES string of the molecule is O=C(N[C@@H]1CC[C@@H]2CCCC[C@H]2C1)[C@@H]1CC(=O)N(c2ccc3c(c2)OCCO3)C1. The molecule has 0 aromatic heterocycles. The summed E-state index contributed by atoms with van der Waals surface area (Å²) in [5, 5.41) is 3.27. The Hall–Kier alpha value is -2.24. The van der Waals surface area contributed by atoms with Crippen LogP contribution in [0.3, 0.4) is 0 Å². The average Bonchev–Trinajstić information content (AvgIpc) is 3.15. The molecule has 5 rings (SSSR count). The van der Waals surface area contributed by atoms with Crippen LogP contribution in [0.4, 0.5) is 5.69 Å². The summed E-state index contributed by atoms with van der Waals surface area (Å²) < 4.78 is 11.2. The predicted octanol–water partition coefficient (Wildman–Crippen LogP) is 3.29. The third-order valence-corrected chi connectivity index (χ3v) is 7.22. The van der Waals surface area contributed by atoms with Gasteiger partial charge in [0.25, 0.3) is 0 Å². The summed E-state index contributed by atoms with van der Waals surface area (Å²) in [6.07, 6.45) is 9.11. The molecule has 6 heteroatoms. The monoisotopic (exact) mass is 398 g/mol. The van der Waals surface area contributed by atoms with Crippen molar-refractivity contribution in [3.63, 3.8) is 0 Å². The molecular weight excluding hydrogens is 368 g/mol. The first-order valence-corrected chi connectivity index (χ1v) is 11.2. The first kappa shape index (κ1) is 18.8. The summed E-state index contributed by atoms with van der Waals surface area (Å²) >= 11 is 0. The molecule has 4 atom stereocenters. The lowest BCUT2D eigenvalue weighted by atomic mass is 9.69. The summed E-state index contributed by atoms with van der Waals surface area (Å²) in [6.45, 7) is 1.49. The molecule has 4 aliphatic rings. The number of carbonyl (C=O) groups excluding carboxylic acids is 2. The lowest BCUT2D eigenvalue weighted by Gasteiger charge is -2.39. The number of ether oxygens (including phenoxy) is 2. The van der Waals surface area contributed by atoms with Crippen molar-refractivity contribution in [2.45, 2.75) is 57.4 Å². The van der Waals surface area contributed by atoms with E-state index in [0.717, 1.165) is 30.4 Å². The van der Waals surface area contributed by atoms with Gasteiger partial charge in [0.2, 0.25) is 11.8 Å². The number of hydrogen-bond acceptors (Lipinski definition) is 4. The second kappa shape index (κ2) is 7.88. The molecule has 1 aromatic rings. The van der Waals surface area contributed by atoms with E-state index in [9.17, 15) is 9.59 Å². The van der Waals surface area contributed by atoms with Crippen molar-refractivity contribution in [3.05, 3.63) is 18.2 Å². The zero-order valence-corrected chi connectivity index (χ0v) is 16.9. The molecule has 1 aromatic carbocycles. The number of carbonyl (C=O) groups is 2. The van der Waals surface area contributed by atoms with E-state index in [4.69, 9.17) is 9.47 Å². The van der Waals surface area contributed by atoms with Crippen LogP contribution in [0.1, 0.15) is 51.4 Å². The molecule has 0 radical (unpaired) electrons. The molecule has 1 saturated heterocycles. The van der Waals surface area contributed by atoms with Crippen LogP contribution < -0.4 is 19.7 Å². The average molecular weight is 399 g/mol. The van der Waals surface area contributed by atoms with Gasteiger partial charge in [-0.1, -0.05) is 25.7 Å². The number of benzene rings is 1. The molecule has 6 nitrogen and oxygen atoms in total. The third kappa shape index (κ3) is 3.81. The molecular formula is C23H30N2O4. The fraction of sp³-hybridized carbons (Fsp3) is 0.652. The molecule has 3 fully saturated rings. The van der Waals surface area contributed by atoms with Crippen LogP contribution >= 0.6 is 0 Å². The first-order valence-electron chi connectivity index (χ1n) is 11.2. The van der Waals surface area contributed by atoms with Crippen LogP contribution in [-0.2, 0) is 9.59 Å². The number of fused-ring (bicyclic) bond motifs is 2. The summed E-state index contributed by atoms with van der Waals surface area (Å²) in [4.78, 5) is 27.2. The van der Waals surface area contributed by atoms with Gasteiger partial charge in [0, 0.05) is 30.8 Å². The van der Waals surface area contributed by atoms with Gasteiger partial charge in [-0.25, -0.2) is 0 Å². The fourth-order valence-corrected chi connectivity index (χ4v) is 5.66. The summed E-state index contributed by atoms with van der Waals surface area (Å²) in [5.41, 5.74) is 0.775. The quantitative estimate of drug-likeness (QED) is 0.848. The Morgan fingerprint density at radius 2 is 1.79 bits per heavy atom. The number of nitrogens with zero attached hydrogens (tertiary/aromatic N) is 1. The molecule has 2 aliphatic heterocycles. The first-order chi connectivity index (χ1) is 14.2. The minimum Gasteiger partial charge on any atom is -0.486 e. The molecule has 156 valence electrons. The van der Waals surface area contributed by atoms with Crippen molar-refractivity contribution in [2.24, 2.45) is 17.8 Å². The fourth-order valence-electron chi connectivity index (χ4n) is 5.66. The number of nitrogens with one attached hydrogen (secondary N) is 1. The van der Waals surface area contributed by atoms with Gasteiger partial charge in [-0.2, -0.15) is 0 Å². The predicted molar refractivity (Wildman–Crippen MR) is 109 cm³/mol. The molecule has 2 saturated carbocycles. The number of anilines is 1. The highest BCUT2D eigenvalue weighted by Gasteiger charge is 2.38. The van der Waals surface area contributed by atoms with Crippen LogP contribution in [0.25, 0.3) is 0 Å². The zero-order chi connectivity index (χ0) is 19.8. The molecule has 2 heterocycles. The second-order valence-corrected chi connectivity index (χ2v) is 9.06. The van der Waals surface area contributed by atoms with E-state index in [1.807, 2.05) is 18.2 Å². The number of rotatable bonds is 3. The maximum absolute atomic E-state index is 12.9. The Balaban J connectivity index is 1.20. The maximum Gasteiger partial charge on any atom is 0.227 e. The minimum absolute atomic E-state index is 0.00202. The van der Waals surface area contributed by atoms with Crippen LogP contribution in [0.15, 0.2) is 18.2 Å². The smallest absolute Gasteiger partial charge is 0.227 e. The standard InChI is InChI=1S/C23H30N2O4/c26-22-12-17(14-25(22)19-7-8-20-21(13-19)29-10-9-28-20)23(27)24-18-6-5-15-3-1-2-4-16(15)11-18/h7-8,13,15-18H,1-6,9-12,14H2,(H,24,27)/t15-,16-,17+,18+/m0/s1. The van der Waals surface area contributed by atoms with Crippen LogP contribution in [0.2, 0.25) is 0 Å². The van der Waals surface area contributed by atoms with E-state index in [1.54, 1.807) is 4.90 Å². The molecule has 29 heavy (non-hydrogen) atoms. The van der Waals surface area contributed by atoms with Gasteiger partial charge in [-0.05, 0) is 43.2 Å². The van der Waals surface area contributed by atoms with Crippen molar-refractivity contribution in [1.82, 2.24) is 5.32 Å². The second-order valence-electron chi connectivity index (χ2n) is 9.06. The highest BCUT2D eigenvalue weighted by atomic mass is 16.6. The van der Waals surface area contributed by atoms with Gasteiger partial charge in [0.15, 0.2) is 11.5 Å². The van der Waals surface area contributed by atoms with Crippen molar-refractivity contribution in [1.29, 1.82) is 0 Å². The summed E-state index contributed by atoms with van der Waals surface area (Å²) in [5.74, 6) is 2.78. The van der Waals surface area contributed by atoms with E-state index in [1.165, 1.54) is 32.1 Å². The van der Waals surface area contributed by atoms with Crippen LogP contribution in [0, 0.1) is 17.8 Å². The molecule has 0 bridgehead atoms. The van der Waals surface area contributed by atoms with E-state index < -0.39 is 0 Å². The van der Waals surface area contributed by atoms with Crippen LogP contribution in [-0.4, -0.2) is 37.6 Å². The Labute approximate surface area is 171 Å². The van der Waals surface area contributed by atoms with Gasteiger partial charge in [-0.3, -0.25) is 9.59 Å². The largest absolute Gasteiger partial charge is 0.486 e. The van der Waals surface area contributed by atoms with Crippen molar-refractivity contribution < 1.29 is 19.1 Å². The summed E-state index contributed by atoms with van der Waals surface area (Å²) in [6, 6.07) is 5.83. The lowest BCUT2D eigenvalue weighted by molar-refractivity contribution is -0.127. The Kier molecular flexibility index (Phi) is 5.10. The van der Waals surface area contributed by atoms with Crippen molar-refractivity contribution in [3.8, 4) is 11.5 Å². The van der Waals surface area contributed by atoms with Gasteiger partial charge in [0.05, 0.1) is 5.92 Å². The topological polar surface area (TPSA) is 67.9 Å². The maximum atomic E-state index is 12.9. The lowest BCUT2D eigenvalue weighted by Crippen LogP contribution is -2.44. The Morgan fingerprint density at radius 1 is 1.00 bits per heavy atom. The van der Waals surface area contributed by atoms with Crippen molar-refractivity contribution >= 4 is 17.5 Å². The molecule has 2 amide bonds. The van der Waals surface area contributed by atoms with Gasteiger partial charge < -0.3 is 19.7 Å². The molecule has 1 N–H and O–H groups in total. The molecule has 2 aliphatic carbocycles. The van der Waals surface area contributed by atoms with E-state index in [0.29, 0.717) is 31.3 Å². The summed E-state index contributed by atoms with van der Waals surface area (Å²) in [7, 11) is 0. The Morgan fingerprint density at radius 3 is 2.66 bits per heavy atom. The Bertz CT molecular complexity index is 795. The highest BCUT2D eigenvalue weighted by Crippen LogP contribution is 2.41.